The van der Waals surface area contributed by atoms with Crippen LogP contribution in [-0.2, 0) is 27.2 Å². The molecule has 1 saturated heterocycles. The Labute approximate surface area is 122 Å². The second kappa shape index (κ2) is 5.37. The highest BCUT2D eigenvalue weighted by atomic mass is 16.5. The molecule has 2 aliphatic heterocycles. The lowest BCUT2D eigenvalue weighted by Crippen LogP contribution is -2.55. The van der Waals surface area contributed by atoms with Gasteiger partial charge in [-0.25, -0.2) is 4.79 Å². The van der Waals surface area contributed by atoms with Gasteiger partial charge in [-0.1, -0.05) is 12.1 Å². The fourth-order valence-corrected chi connectivity index (χ4v) is 2.73. The van der Waals surface area contributed by atoms with Crippen molar-refractivity contribution < 1.29 is 24.2 Å². The molecule has 0 aliphatic carbocycles. The number of carboxylic acids is 1. The molecule has 6 heteroatoms. The zero-order valence-electron chi connectivity index (χ0n) is 11.6. The third-order valence-corrected chi connectivity index (χ3v) is 3.93. The molecule has 3 rings (SSSR count). The van der Waals surface area contributed by atoms with Crippen molar-refractivity contribution in [1.82, 2.24) is 5.32 Å². The van der Waals surface area contributed by atoms with Crippen molar-refractivity contribution in [3.8, 4) is 5.75 Å². The van der Waals surface area contributed by atoms with Gasteiger partial charge >= 0.3 is 5.97 Å². The maximum absolute atomic E-state index is 12.1. The highest BCUT2D eigenvalue weighted by Gasteiger charge is 2.43. The number of carbonyl (C=O) groups excluding carboxylic acids is 1. The molecule has 0 saturated carbocycles. The van der Waals surface area contributed by atoms with E-state index in [1.807, 2.05) is 18.2 Å². The molecule has 0 bridgehead atoms. The number of carbonyl (C=O) groups is 2. The Kier molecular flexibility index (Phi) is 3.55. The summed E-state index contributed by atoms with van der Waals surface area (Å²) in [5.41, 5.74) is 0.672. The normalized spacial score (nSPS) is 23.4. The molecular weight excluding hydrogens is 274 g/mol. The van der Waals surface area contributed by atoms with Gasteiger partial charge in [0.05, 0.1) is 19.6 Å². The van der Waals surface area contributed by atoms with Crippen molar-refractivity contribution in [2.45, 2.75) is 24.8 Å². The van der Waals surface area contributed by atoms with Crippen molar-refractivity contribution in [3.63, 3.8) is 0 Å². The standard InChI is InChI=1S/C15H17NO5/c17-13(16-15(14(18)19)4-6-20-9-15)8-10-1-2-12-11(7-10)3-5-21-12/h1-2,7H,3-6,8-9H2,(H,16,17)(H,18,19). The molecule has 21 heavy (non-hydrogen) atoms. The number of benzene rings is 1. The zero-order valence-corrected chi connectivity index (χ0v) is 11.6. The van der Waals surface area contributed by atoms with Crippen LogP contribution in [0.5, 0.6) is 5.75 Å². The highest BCUT2D eigenvalue weighted by molar-refractivity contribution is 5.88. The first-order valence-corrected chi connectivity index (χ1v) is 6.96. The van der Waals surface area contributed by atoms with E-state index in [1.54, 1.807) is 0 Å². The van der Waals surface area contributed by atoms with E-state index >= 15 is 0 Å². The van der Waals surface area contributed by atoms with Crippen molar-refractivity contribution in [3.05, 3.63) is 29.3 Å². The first-order valence-electron chi connectivity index (χ1n) is 6.96. The van der Waals surface area contributed by atoms with Gasteiger partial charge in [0.1, 0.15) is 5.75 Å². The molecule has 0 spiro atoms. The molecule has 0 aromatic heterocycles. The zero-order chi connectivity index (χ0) is 14.9. The second-order valence-corrected chi connectivity index (χ2v) is 5.46. The van der Waals surface area contributed by atoms with Gasteiger partial charge in [-0.15, -0.1) is 0 Å². The number of hydrogen-bond acceptors (Lipinski definition) is 4. The summed E-state index contributed by atoms with van der Waals surface area (Å²) in [7, 11) is 0. The van der Waals surface area contributed by atoms with Crippen molar-refractivity contribution in [1.29, 1.82) is 0 Å². The number of hydrogen-bond donors (Lipinski definition) is 2. The lowest BCUT2D eigenvalue weighted by Gasteiger charge is -2.23. The Morgan fingerprint density at radius 2 is 2.19 bits per heavy atom. The average Bonchev–Trinajstić information content (AvgIpc) is 3.07. The quantitative estimate of drug-likeness (QED) is 0.845. The number of fused-ring (bicyclic) bond motifs is 1. The molecule has 1 amide bonds. The minimum absolute atomic E-state index is 0.0199. The summed E-state index contributed by atoms with van der Waals surface area (Å²) >= 11 is 0. The first kappa shape index (κ1) is 13.9. The Bertz CT molecular complexity index is 577. The van der Waals surface area contributed by atoms with E-state index in [0.717, 1.165) is 23.3 Å². The average molecular weight is 291 g/mol. The maximum Gasteiger partial charge on any atom is 0.331 e. The van der Waals surface area contributed by atoms with Crippen LogP contribution in [0.4, 0.5) is 0 Å². The summed E-state index contributed by atoms with van der Waals surface area (Å²) in [6.45, 7) is 1.04. The molecule has 2 aliphatic rings. The lowest BCUT2D eigenvalue weighted by atomic mass is 9.98. The van der Waals surface area contributed by atoms with E-state index < -0.39 is 11.5 Å². The SMILES string of the molecule is O=C(Cc1ccc2c(c1)CCO2)NC1(C(=O)O)CCOC1. The van der Waals surface area contributed by atoms with Crippen LogP contribution < -0.4 is 10.1 Å². The van der Waals surface area contributed by atoms with Crippen LogP contribution in [0.15, 0.2) is 18.2 Å². The summed E-state index contributed by atoms with van der Waals surface area (Å²) in [6, 6.07) is 5.64. The highest BCUT2D eigenvalue weighted by Crippen LogP contribution is 2.26. The van der Waals surface area contributed by atoms with E-state index in [4.69, 9.17) is 9.47 Å². The van der Waals surface area contributed by atoms with E-state index in [0.29, 0.717) is 19.6 Å². The number of rotatable bonds is 4. The van der Waals surface area contributed by atoms with Gasteiger partial charge in [0.25, 0.3) is 0 Å². The molecule has 1 atom stereocenters. The van der Waals surface area contributed by atoms with Crippen LogP contribution in [0.25, 0.3) is 0 Å². The van der Waals surface area contributed by atoms with Crippen LogP contribution >= 0.6 is 0 Å². The number of carboxylic acid groups (broad SMARTS) is 1. The van der Waals surface area contributed by atoms with Gasteiger partial charge < -0.3 is 19.9 Å². The van der Waals surface area contributed by atoms with E-state index in [9.17, 15) is 14.7 Å². The van der Waals surface area contributed by atoms with Crippen molar-refractivity contribution >= 4 is 11.9 Å². The number of ether oxygens (including phenoxy) is 2. The van der Waals surface area contributed by atoms with Gasteiger partial charge in [-0.05, 0) is 17.2 Å². The van der Waals surface area contributed by atoms with Gasteiger partial charge in [0, 0.05) is 19.4 Å². The topological polar surface area (TPSA) is 84.9 Å². The molecule has 112 valence electrons. The van der Waals surface area contributed by atoms with Crippen LogP contribution in [0.2, 0.25) is 0 Å². The van der Waals surface area contributed by atoms with E-state index in [-0.39, 0.29) is 18.9 Å². The van der Waals surface area contributed by atoms with Crippen LogP contribution in [0.3, 0.4) is 0 Å². The minimum Gasteiger partial charge on any atom is -0.493 e. The summed E-state index contributed by atoms with van der Waals surface area (Å²) in [4.78, 5) is 23.5. The largest absolute Gasteiger partial charge is 0.493 e. The molecule has 1 aromatic carbocycles. The van der Waals surface area contributed by atoms with Crippen LogP contribution in [0, 0.1) is 0 Å². The van der Waals surface area contributed by atoms with Crippen molar-refractivity contribution in [2.75, 3.05) is 19.8 Å². The predicted octanol–water partition coefficient (Wildman–Crippen LogP) is 0.524. The lowest BCUT2D eigenvalue weighted by molar-refractivity contribution is -0.147. The molecule has 2 N–H and O–H groups in total. The van der Waals surface area contributed by atoms with Crippen molar-refractivity contribution in [2.24, 2.45) is 0 Å². The fourth-order valence-electron chi connectivity index (χ4n) is 2.73. The van der Waals surface area contributed by atoms with E-state index in [2.05, 4.69) is 5.32 Å². The predicted molar refractivity (Wildman–Crippen MR) is 73.3 cm³/mol. The number of aliphatic carboxylic acids is 1. The Morgan fingerprint density at radius 3 is 2.90 bits per heavy atom. The first-order chi connectivity index (χ1) is 10.1. The van der Waals surface area contributed by atoms with Gasteiger partial charge in [-0.2, -0.15) is 0 Å². The molecular formula is C15H17NO5. The number of nitrogens with one attached hydrogen (secondary N) is 1. The summed E-state index contributed by atoms with van der Waals surface area (Å²) in [5.74, 6) is -0.483. The summed E-state index contributed by atoms with van der Waals surface area (Å²) in [6.07, 6.45) is 1.30. The van der Waals surface area contributed by atoms with Crippen LogP contribution in [-0.4, -0.2) is 42.3 Å². The third kappa shape index (κ3) is 2.71. The Balaban J connectivity index is 1.67. The minimum atomic E-state index is -1.28. The number of amides is 1. The molecule has 2 heterocycles. The van der Waals surface area contributed by atoms with Gasteiger partial charge in [0.2, 0.25) is 5.91 Å². The molecule has 0 radical (unpaired) electrons. The fraction of sp³-hybridized carbons (Fsp3) is 0.467. The van der Waals surface area contributed by atoms with Gasteiger partial charge in [0.15, 0.2) is 5.54 Å². The second-order valence-electron chi connectivity index (χ2n) is 5.46. The van der Waals surface area contributed by atoms with Gasteiger partial charge in [-0.3, -0.25) is 4.79 Å². The molecule has 1 aromatic rings. The molecule has 1 fully saturated rings. The van der Waals surface area contributed by atoms with Crippen LogP contribution in [0.1, 0.15) is 17.5 Å². The Morgan fingerprint density at radius 1 is 1.33 bits per heavy atom. The smallest absolute Gasteiger partial charge is 0.331 e. The summed E-state index contributed by atoms with van der Waals surface area (Å²) < 4.78 is 10.5. The molecule has 1 unspecified atom stereocenters. The Hall–Kier alpha value is -2.08. The maximum atomic E-state index is 12.1. The molecule has 6 nitrogen and oxygen atoms in total. The summed E-state index contributed by atoms with van der Waals surface area (Å²) in [5, 5.41) is 11.9. The third-order valence-electron chi connectivity index (χ3n) is 3.93. The van der Waals surface area contributed by atoms with E-state index in [1.165, 1.54) is 0 Å². The monoisotopic (exact) mass is 291 g/mol.